The quantitative estimate of drug-likeness (QED) is 0.694. The number of halogens is 1. The zero-order chi connectivity index (χ0) is 12.8. The van der Waals surface area contributed by atoms with Crippen LogP contribution < -0.4 is 5.32 Å². The molecule has 1 heterocycles. The Balaban J connectivity index is 1.90. The number of rotatable bonds is 7. The fourth-order valence-corrected chi connectivity index (χ4v) is 4.55. The standard InChI is InChI=1S/C15H24BrNS/c1-2-9-17-15(13-10-18-11-14(13)16)8-7-12-5-3-4-6-12/h10-12,15,17H,2-9H2,1H3. The van der Waals surface area contributed by atoms with Gasteiger partial charge in [-0.1, -0.05) is 32.6 Å². The van der Waals surface area contributed by atoms with Crippen LogP contribution in [0.3, 0.4) is 0 Å². The van der Waals surface area contributed by atoms with E-state index in [-0.39, 0.29) is 0 Å². The van der Waals surface area contributed by atoms with E-state index in [1.54, 1.807) is 11.3 Å². The maximum absolute atomic E-state index is 3.71. The molecule has 0 saturated heterocycles. The number of nitrogens with one attached hydrogen (secondary N) is 1. The Morgan fingerprint density at radius 2 is 2.17 bits per heavy atom. The van der Waals surface area contributed by atoms with E-state index in [0.29, 0.717) is 6.04 Å². The average Bonchev–Trinajstić information content (AvgIpc) is 3.01. The van der Waals surface area contributed by atoms with Gasteiger partial charge >= 0.3 is 0 Å². The van der Waals surface area contributed by atoms with E-state index in [2.05, 4.69) is 38.9 Å². The van der Waals surface area contributed by atoms with Crippen molar-refractivity contribution < 1.29 is 0 Å². The van der Waals surface area contributed by atoms with E-state index in [1.807, 2.05) is 0 Å². The maximum Gasteiger partial charge on any atom is 0.0339 e. The van der Waals surface area contributed by atoms with E-state index >= 15 is 0 Å². The SMILES string of the molecule is CCCNC(CCC1CCCC1)c1cscc1Br. The molecule has 1 aromatic heterocycles. The predicted molar refractivity (Wildman–Crippen MR) is 84.2 cm³/mol. The molecule has 1 aliphatic carbocycles. The summed E-state index contributed by atoms with van der Waals surface area (Å²) in [7, 11) is 0. The van der Waals surface area contributed by atoms with Crippen LogP contribution in [0.5, 0.6) is 0 Å². The molecule has 102 valence electrons. The minimum absolute atomic E-state index is 0.547. The summed E-state index contributed by atoms with van der Waals surface area (Å²) in [6, 6.07) is 0.547. The number of hydrogen-bond donors (Lipinski definition) is 1. The summed E-state index contributed by atoms with van der Waals surface area (Å²) in [6.07, 6.45) is 9.74. The normalized spacial score (nSPS) is 18.3. The molecule has 1 unspecified atom stereocenters. The van der Waals surface area contributed by atoms with Crippen LogP contribution in [0.4, 0.5) is 0 Å². The summed E-state index contributed by atoms with van der Waals surface area (Å²) in [5.41, 5.74) is 1.46. The van der Waals surface area contributed by atoms with Gasteiger partial charge in [0.2, 0.25) is 0 Å². The lowest BCUT2D eigenvalue weighted by molar-refractivity contribution is 0.411. The Kier molecular flexibility index (Phi) is 6.19. The highest BCUT2D eigenvalue weighted by atomic mass is 79.9. The highest BCUT2D eigenvalue weighted by molar-refractivity contribution is 9.10. The topological polar surface area (TPSA) is 12.0 Å². The van der Waals surface area contributed by atoms with Crippen LogP contribution in [0.25, 0.3) is 0 Å². The predicted octanol–water partition coefficient (Wildman–Crippen LogP) is 5.52. The maximum atomic E-state index is 3.71. The Morgan fingerprint density at radius 3 is 2.78 bits per heavy atom. The number of hydrogen-bond acceptors (Lipinski definition) is 2. The van der Waals surface area contributed by atoms with Crippen molar-refractivity contribution in [2.24, 2.45) is 5.92 Å². The van der Waals surface area contributed by atoms with E-state index in [9.17, 15) is 0 Å². The van der Waals surface area contributed by atoms with E-state index in [1.165, 1.54) is 55.0 Å². The highest BCUT2D eigenvalue weighted by Gasteiger charge is 2.19. The molecule has 0 amide bonds. The first-order valence-corrected chi connectivity index (χ1v) is 8.99. The molecule has 1 aliphatic rings. The van der Waals surface area contributed by atoms with Gasteiger partial charge in [0, 0.05) is 15.9 Å². The summed E-state index contributed by atoms with van der Waals surface area (Å²) < 4.78 is 1.28. The molecule has 3 heteroatoms. The zero-order valence-electron chi connectivity index (χ0n) is 11.3. The van der Waals surface area contributed by atoms with E-state index < -0.39 is 0 Å². The summed E-state index contributed by atoms with van der Waals surface area (Å²) in [5, 5.41) is 8.21. The Hall–Kier alpha value is 0.140. The highest BCUT2D eigenvalue weighted by Crippen LogP contribution is 2.34. The van der Waals surface area contributed by atoms with Crippen LogP contribution in [0.1, 0.15) is 63.5 Å². The Morgan fingerprint density at radius 1 is 1.39 bits per heavy atom. The summed E-state index contributed by atoms with van der Waals surface area (Å²) in [5.74, 6) is 0.994. The monoisotopic (exact) mass is 329 g/mol. The molecular weight excluding hydrogens is 306 g/mol. The number of thiophene rings is 1. The van der Waals surface area contributed by atoms with E-state index in [4.69, 9.17) is 0 Å². The zero-order valence-corrected chi connectivity index (χ0v) is 13.7. The van der Waals surface area contributed by atoms with Gasteiger partial charge < -0.3 is 5.32 Å². The molecule has 18 heavy (non-hydrogen) atoms. The van der Waals surface area contributed by atoms with Gasteiger partial charge in [-0.05, 0) is 58.6 Å². The molecule has 1 N–H and O–H groups in total. The van der Waals surface area contributed by atoms with Gasteiger partial charge in [-0.3, -0.25) is 0 Å². The summed E-state index contributed by atoms with van der Waals surface area (Å²) >= 11 is 5.48. The van der Waals surface area contributed by atoms with Crippen LogP contribution in [-0.2, 0) is 0 Å². The van der Waals surface area contributed by atoms with Gasteiger partial charge in [-0.2, -0.15) is 11.3 Å². The second-order valence-electron chi connectivity index (χ2n) is 5.41. The van der Waals surface area contributed by atoms with Crippen molar-refractivity contribution in [2.45, 2.75) is 57.9 Å². The van der Waals surface area contributed by atoms with Crippen molar-refractivity contribution >= 4 is 27.3 Å². The smallest absolute Gasteiger partial charge is 0.0339 e. The second-order valence-corrected chi connectivity index (χ2v) is 7.01. The van der Waals surface area contributed by atoms with Crippen molar-refractivity contribution in [1.29, 1.82) is 0 Å². The van der Waals surface area contributed by atoms with Gasteiger partial charge in [0.25, 0.3) is 0 Å². The Labute approximate surface area is 123 Å². The molecule has 0 aromatic carbocycles. The van der Waals surface area contributed by atoms with Gasteiger partial charge in [0.15, 0.2) is 0 Å². The lowest BCUT2D eigenvalue weighted by Gasteiger charge is -2.20. The molecule has 0 bridgehead atoms. The van der Waals surface area contributed by atoms with Crippen molar-refractivity contribution in [3.05, 3.63) is 20.8 Å². The van der Waals surface area contributed by atoms with Gasteiger partial charge in [0.1, 0.15) is 0 Å². The molecule has 2 rings (SSSR count). The van der Waals surface area contributed by atoms with Gasteiger partial charge in [0.05, 0.1) is 0 Å². The molecule has 1 nitrogen and oxygen atoms in total. The lowest BCUT2D eigenvalue weighted by atomic mass is 9.96. The third-order valence-electron chi connectivity index (χ3n) is 4.00. The Bertz CT molecular complexity index is 344. The van der Waals surface area contributed by atoms with Crippen molar-refractivity contribution in [3.63, 3.8) is 0 Å². The minimum Gasteiger partial charge on any atom is -0.310 e. The first kappa shape index (κ1) is 14.5. The first-order valence-electron chi connectivity index (χ1n) is 7.26. The van der Waals surface area contributed by atoms with Crippen LogP contribution in [0.2, 0.25) is 0 Å². The van der Waals surface area contributed by atoms with Crippen molar-refractivity contribution in [3.8, 4) is 0 Å². The summed E-state index contributed by atoms with van der Waals surface area (Å²) in [4.78, 5) is 0. The molecule has 1 aromatic rings. The second kappa shape index (κ2) is 7.66. The van der Waals surface area contributed by atoms with Crippen LogP contribution in [-0.4, -0.2) is 6.54 Å². The lowest BCUT2D eigenvalue weighted by Crippen LogP contribution is -2.22. The van der Waals surface area contributed by atoms with Gasteiger partial charge in [-0.25, -0.2) is 0 Å². The van der Waals surface area contributed by atoms with Crippen LogP contribution in [0, 0.1) is 5.92 Å². The van der Waals surface area contributed by atoms with Gasteiger partial charge in [-0.15, -0.1) is 0 Å². The third kappa shape index (κ3) is 4.07. The van der Waals surface area contributed by atoms with Crippen molar-refractivity contribution in [1.82, 2.24) is 5.32 Å². The molecule has 1 saturated carbocycles. The van der Waals surface area contributed by atoms with Crippen LogP contribution in [0.15, 0.2) is 15.2 Å². The fourth-order valence-electron chi connectivity index (χ4n) is 2.93. The third-order valence-corrected chi connectivity index (χ3v) is 5.75. The summed E-state index contributed by atoms with van der Waals surface area (Å²) in [6.45, 7) is 3.36. The van der Waals surface area contributed by atoms with E-state index in [0.717, 1.165) is 12.5 Å². The van der Waals surface area contributed by atoms with Crippen LogP contribution >= 0.6 is 27.3 Å². The molecule has 0 aliphatic heterocycles. The average molecular weight is 330 g/mol. The largest absolute Gasteiger partial charge is 0.310 e. The molecule has 0 radical (unpaired) electrons. The minimum atomic E-state index is 0.547. The molecule has 1 fully saturated rings. The fraction of sp³-hybridized carbons (Fsp3) is 0.733. The molecule has 0 spiro atoms. The molecule has 1 atom stereocenters. The first-order chi connectivity index (χ1) is 8.81. The molecular formula is C15H24BrNS. The van der Waals surface area contributed by atoms with Crippen molar-refractivity contribution in [2.75, 3.05) is 6.54 Å².